The van der Waals surface area contributed by atoms with Gasteiger partial charge in [-0.1, -0.05) is 43.0 Å². The molecule has 0 aliphatic heterocycles. The molecule has 9 heteroatoms. The molecule has 34 heavy (non-hydrogen) atoms. The highest BCUT2D eigenvalue weighted by Crippen LogP contribution is 2.24. The van der Waals surface area contributed by atoms with E-state index in [1.165, 1.54) is 14.1 Å². The molecule has 0 spiro atoms. The van der Waals surface area contributed by atoms with Crippen LogP contribution in [0.5, 0.6) is 5.88 Å². The zero-order valence-corrected chi connectivity index (χ0v) is 20.7. The van der Waals surface area contributed by atoms with Crippen molar-refractivity contribution in [1.29, 1.82) is 0 Å². The van der Waals surface area contributed by atoms with E-state index in [0.29, 0.717) is 11.4 Å². The Balaban J connectivity index is 1.99. The zero-order chi connectivity index (χ0) is 25.0. The molecule has 178 valence electrons. The van der Waals surface area contributed by atoms with E-state index in [-0.39, 0.29) is 22.3 Å². The number of nitrogens with one attached hydrogen (secondary N) is 1. The third-order valence-corrected chi connectivity index (χ3v) is 6.62. The van der Waals surface area contributed by atoms with Crippen molar-refractivity contribution in [3.05, 3.63) is 85.6 Å². The molecule has 1 amide bonds. The lowest BCUT2D eigenvalue weighted by atomic mass is 10.1. The number of aliphatic imine (C=N–C) groups is 1. The van der Waals surface area contributed by atoms with Crippen LogP contribution in [0.15, 0.2) is 57.0 Å². The first kappa shape index (κ1) is 25.0. The predicted molar refractivity (Wildman–Crippen MR) is 138 cm³/mol. The first-order valence-corrected chi connectivity index (χ1v) is 11.8. The molecule has 0 fully saturated rings. The minimum atomic E-state index is -0.688. The van der Waals surface area contributed by atoms with Crippen LogP contribution in [0.4, 0.5) is 11.4 Å². The van der Waals surface area contributed by atoms with Crippen LogP contribution in [0.25, 0.3) is 0 Å². The maximum atomic E-state index is 12.9. The molecule has 3 rings (SSSR count). The van der Waals surface area contributed by atoms with E-state index in [1.54, 1.807) is 12.1 Å². The second-order valence-electron chi connectivity index (χ2n) is 7.93. The molecule has 0 unspecified atom stereocenters. The molecule has 1 heterocycles. The molecule has 0 aliphatic rings. The standard InChI is InChI=1S/C25H28N4O4S/c1-6-17-10-12-18(13-11-17)26-22(21-23(31)28(4)25(33)29(5)24(21)32)34-14-20(30)27-19-9-7-8-15(2)16(19)3/h7-13,31H,6,14H2,1-5H3,(H,27,30). The molecule has 8 nitrogen and oxygen atoms in total. The van der Waals surface area contributed by atoms with Crippen LogP contribution in [0.2, 0.25) is 0 Å². The molecule has 0 atom stereocenters. The van der Waals surface area contributed by atoms with Crippen molar-refractivity contribution in [2.24, 2.45) is 19.1 Å². The number of aromatic hydroxyl groups is 1. The minimum Gasteiger partial charge on any atom is -0.494 e. The highest BCUT2D eigenvalue weighted by Gasteiger charge is 2.22. The summed E-state index contributed by atoms with van der Waals surface area (Å²) in [7, 11) is 2.70. The second kappa shape index (κ2) is 10.6. The lowest BCUT2D eigenvalue weighted by Gasteiger charge is -2.13. The van der Waals surface area contributed by atoms with E-state index >= 15 is 0 Å². The Morgan fingerprint density at radius 2 is 1.74 bits per heavy atom. The third-order valence-electron chi connectivity index (χ3n) is 5.64. The van der Waals surface area contributed by atoms with Crippen molar-refractivity contribution in [3.63, 3.8) is 0 Å². The number of anilines is 1. The summed E-state index contributed by atoms with van der Waals surface area (Å²) in [6.45, 7) is 5.93. The maximum absolute atomic E-state index is 12.9. The Hall–Kier alpha value is -3.59. The quantitative estimate of drug-likeness (QED) is 0.415. The lowest BCUT2D eigenvalue weighted by molar-refractivity contribution is -0.113. The highest BCUT2D eigenvalue weighted by atomic mass is 32.2. The average molecular weight is 481 g/mol. The van der Waals surface area contributed by atoms with Crippen LogP contribution in [-0.2, 0) is 25.3 Å². The number of amides is 1. The number of hydrogen-bond donors (Lipinski definition) is 2. The molecule has 1 aromatic heterocycles. The fourth-order valence-corrected chi connectivity index (χ4v) is 4.14. The van der Waals surface area contributed by atoms with Gasteiger partial charge in [0.25, 0.3) is 5.56 Å². The van der Waals surface area contributed by atoms with Crippen LogP contribution in [-0.4, -0.2) is 30.9 Å². The first-order chi connectivity index (χ1) is 16.1. The number of carbonyl (C=O) groups excluding carboxylic acids is 1. The summed E-state index contributed by atoms with van der Waals surface area (Å²) in [5.41, 5.74) is 2.94. The minimum absolute atomic E-state index is 0.0509. The Labute approximate surface area is 202 Å². The molecular weight excluding hydrogens is 452 g/mol. The van der Waals surface area contributed by atoms with Crippen LogP contribution in [0.1, 0.15) is 29.2 Å². The van der Waals surface area contributed by atoms with E-state index < -0.39 is 17.1 Å². The fraction of sp³-hybridized carbons (Fsp3) is 0.280. The Morgan fingerprint density at radius 1 is 1.06 bits per heavy atom. The van der Waals surface area contributed by atoms with Gasteiger partial charge in [-0.2, -0.15) is 0 Å². The molecule has 0 bridgehead atoms. The smallest absolute Gasteiger partial charge is 0.333 e. The van der Waals surface area contributed by atoms with Crippen molar-refractivity contribution >= 4 is 34.1 Å². The van der Waals surface area contributed by atoms with Gasteiger partial charge in [0.2, 0.25) is 11.8 Å². The van der Waals surface area contributed by atoms with Crippen molar-refractivity contribution in [2.75, 3.05) is 11.1 Å². The van der Waals surface area contributed by atoms with Crippen LogP contribution in [0.3, 0.4) is 0 Å². The van der Waals surface area contributed by atoms with Gasteiger partial charge in [0.1, 0.15) is 10.6 Å². The summed E-state index contributed by atoms with van der Waals surface area (Å²) in [5, 5.41) is 13.7. The topological polar surface area (TPSA) is 106 Å². The van der Waals surface area contributed by atoms with Gasteiger partial charge in [0, 0.05) is 19.8 Å². The summed E-state index contributed by atoms with van der Waals surface area (Å²) >= 11 is 1.02. The number of aromatic nitrogens is 2. The molecule has 0 radical (unpaired) electrons. The Morgan fingerprint density at radius 3 is 2.38 bits per heavy atom. The van der Waals surface area contributed by atoms with Gasteiger partial charge in [0.15, 0.2) is 0 Å². The van der Waals surface area contributed by atoms with Crippen molar-refractivity contribution in [2.45, 2.75) is 27.2 Å². The van der Waals surface area contributed by atoms with E-state index in [2.05, 4.69) is 10.3 Å². The van der Waals surface area contributed by atoms with Gasteiger partial charge in [-0.25, -0.2) is 9.79 Å². The lowest BCUT2D eigenvalue weighted by Crippen LogP contribution is -2.39. The maximum Gasteiger partial charge on any atom is 0.333 e. The number of benzene rings is 2. The number of aryl methyl sites for hydroxylation is 2. The summed E-state index contributed by atoms with van der Waals surface area (Å²) in [6.07, 6.45) is 0.867. The third kappa shape index (κ3) is 5.31. The average Bonchev–Trinajstić information content (AvgIpc) is 2.83. The molecule has 0 saturated heterocycles. The monoisotopic (exact) mass is 480 g/mol. The van der Waals surface area contributed by atoms with E-state index in [1.807, 2.05) is 51.1 Å². The second-order valence-corrected chi connectivity index (χ2v) is 8.89. The molecule has 3 aromatic rings. The molecule has 2 aromatic carbocycles. The normalized spacial score (nSPS) is 11.5. The van der Waals surface area contributed by atoms with Crippen molar-refractivity contribution < 1.29 is 9.90 Å². The number of hydrogen-bond acceptors (Lipinski definition) is 6. The van der Waals surface area contributed by atoms with Gasteiger partial charge in [-0.3, -0.25) is 18.7 Å². The van der Waals surface area contributed by atoms with Crippen LogP contribution >= 0.6 is 11.8 Å². The van der Waals surface area contributed by atoms with Crippen molar-refractivity contribution in [3.8, 4) is 5.88 Å². The van der Waals surface area contributed by atoms with Crippen LogP contribution < -0.4 is 16.6 Å². The summed E-state index contributed by atoms with van der Waals surface area (Å²) < 4.78 is 1.88. The molecule has 0 aliphatic carbocycles. The number of nitrogens with zero attached hydrogens (tertiary/aromatic N) is 3. The largest absolute Gasteiger partial charge is 0.494 e. The van der Waals surface area contributed by atoms with Crippen molar-refractivity contribution in [1.82, 2.24) is 9.13 Å². The summed E-state index contributed by atoms with van der Waals surface area (Å²) in [6, 6.07) is 13.1. The predicted octanol–water partition coefficient (Wildman–Crippen LogP) is 3.42. The highest BCUT2D eigenvalue weighted by molar-refractivity contribution is 8.15. The molecular formula is C25H28N4O4S. The van der Waals surface area contributed by atoms with Gasteiger partial charge in [-0.15, -0.1) is 0 Å². The SMILES string of the molecule is CCc1ccc(N=C(SCC(=O)Nc2cccc(C)c2C)c2c(O)n(C)c(=O)n(C)c2=O)cc1. The molecule has 2 N–H and O–H groups in total. The number of rotatable bonds is 6. The van der Waals surface area contributed by atoms with Gasteiger partial charge >= 0.3 is 5.69 Å². The zero-order valence-electron chi connectivity index (χ0n) is 19.9. The van der Waals surface area contributed by atoms with E-state index in [9.17, 15) is 19.5 Å². The van der Waals surface area contributed by atoms with E-state index in [4.69, 9.17) is 0 Å². The van der Waals surface area contributed by atoms with Gasteiger partial charge < -0.3 is 10.4 Å². The fourth-order valence-electron chi connectivity index (χ4n) is 3.31. The summed E-state index contributed by atoms with van der Waals surface area (Å²) in [5.74, 6) is -0.835. The van der Waals surface area contributed by atoms with Crippen LogP contribution in [0, 0.1) is 13.8 Å². The Bertz CT molecular complexity index is 1370. The Kier molecular flexibility index (Phi) is 7.78. The first-order valence-electron chi connectivity index (χ1n) is 10.8. The number of thioether (sulfide) groups is 1. The van der Waals surface area contributed by atoms with Gasteiger partial charge in [0.05, 0.1) is 11.4 Å². The summed E-state index contributed by atoms with van der Waals surface area (Å²) in [4.78, 5) is 42.4. The van der Waals surface area contributed by atoms with E-state index in [0.717, 1.165) is 44.0 Å². The molecule has 0 saturated carbocycles. The van der Waals surface area contributed by atoms with Gasteiger partial charge in [-0.05, 0) is 55.2 Å². The number of carbonyl (C=O) groups is 1.